The number of aryl methyl sites for hydroxylation is 2. The van der Waals surface area contributed by atoms with Crippen LogP contribution in [0.15, 0.2) is 6.07 Å². The highest BCUT2D eigenvalue weighted by Crippen LogP contribution is 2.09. The number of halogens is 1. The van der Waals surface area contributed by atoms with Gasteiger partial charge in [-0.05, 0) is 20.3 Å². The van der Waals surface area contributed by atoms with Gasteiger partial charge < -0.3 is 10.1 Å². The van der Waals surface area contributed by atoms with E-state index in [1.165, 1.54) is 0 Å². The van der Waals surface area contributed by atoms with Gasteiger partial charge in [-0.15, -0.1) is 11.6 Å². The summed E-state index contributed by atoms with van der Waals surface area (Å²) in [6.45, 7) is 4.45. The second-order valence-electron chi connectivity index (χ2n) is 3.72. The first-order valence-electron chi connectivity index (χ1n) is 5.29. The second-order valence-corrected chi connectivity index (χ2v) is 4.09. The Balaban J connectivity index is 2.68. The minimum absolute atomic E-state index is 0.191. The SMILES string of the molecule is COCC(CCCl)Nc1cc(C)nc(C)n1. The van der Waals surface area contributed by atoms with E-state index in [-0.39, 0.29) is 6.04 Å². The van der Waals surface area contributed by atoms with E-state index in [2.05, 4.69) is 15.3 Å². The van der Waals surface area contributed by atoms with Crippen LogP contribution in [0.4, 0.5) is 5.82 Å². The maximum atomic E-state index is 5.73. The molecule has 4 nitrogen and oxygen atoms in total. The molecule has 0 saturated carbocycles. The normalized spacial score (nSPS) is 12.5. The van der Waals surface area contributed by atoms with Crippen LogP contribution in [-0.2, 0) is 4.74 Å². The van der Waals surface area contributed by atoms with Gasteiger partial charge in [0.1, 0.15) is 11.6 Å². The van der Waals surface area contributed by atoms with E-state index in [1.807, 2.05) is 19.9 Å². The largest absolute Gasteiger partial charge is 0.383 e. The van der Waals surface area contributed by atoms with Gasteiger partial charge in [-0.25, -0.2) is 9.97 Å². The van der Waals surface area contributed by atoms with E-state index in [9.17, 15) is 0 Å². The molecule has 0 fully saturated rings. The molecule has 0 aliphatic carbocycles. The summed E-state index contributed by atoms with van der Waals surface area (Å²) in [5.41, 5.74) is 0.956. The lowest BCUT2D eigenvalue weighted by atomic mass is 10.2. The molecule has 5 heteroatoms. The molecule has 0 aliphatic rings. The summed E-state index contributed by atoms with van der Waals surface area (Å²) in [6.07, 6.45) is 0.845. The first kappa shape index (κ1) is 13.2. The van der Waals surface area contributed by atoms with Crippen LogP contribution in [0.5, 0.6) is 0 Å². The number of alkyl halides is 1. The molecule has 1 N–H and O–H groups in total. The first-order valence-corrected chi connectivity index (χ1v) is 5.83. The minimum atomic E-state index is 0.191. The molecule has 0 spiro atoms. The van der Waals surface area contributed by atoms with E-state index in [4.69, 9.17) is 16.3 Å². The van der Waals surface area contributed by atoms with Crippen LogP contribution < -0.4 is 5.32 Å². The summed E-state index contributed by atoms with van der Waals surface area (Å²) in [7, 11) is 1.68. The van der Waals surface area contributed by atoms with Crippen LogP contribution in [-0.4, -0.2) is 35.6 Å². The molecule has 90 valence electrons. The summed E-state index contributed by atoms with van der Waals surface area (Å²) in [4.78, 5) is 8.54. The van der Waals surface area contributed by atoms with Crippen molar-refractivity contribution in [2.75, 3.05) is 24.9 Å². The molecule has 0 amide bonds. The van der Waals surface area contributed by atoms with Crippen LogP contribution in [0.25, 0.3) is 0 Å². The van der Waals surface area contributed by atoms with Crippen LogP contribution in [0.3, 0.4) is 0 Å². The van der Waals surface area contributed by atoms with Gasteiger partial charge in [0.05, 0.1) is 12.6 Å². The number of anilines is 1. The summed E-state index contributed by atoms with van der Waals surface area (Å²) in [5, 5.41) is 3.30. The molecule has 0 radical (unpaired) electrons. The van der Waals surface area contributed by atoms with Gasteiger partial charge in [-0.3, -0.25) is 0 Å². The lowest BCUT2D eigenvalue weighted by Gasteiger charge is -2.17. The Morgan fingerprint density at radius 3 is 2.75 bits per heavy atom. The standard InChI is InChI=1S/C11H18ClN3O/c1-8-6-11(14-9(2)13-8)15-10(4-5-12)7-16-3/h6,10H,4-5,7H2,1-3H3,(H,13,14,15). The van der Waals surface area contributed by atoms with Gasteiger partial charge in [0, 0.05) is 24.8 Å². The number of rotatable bonds is 6. The maximum Gasteiger partial charge on any atom is 0.130 e. The summed E-state index contributed by atoms with van der Waals surface area (Å²) >= 11 is 5.73. The minimum Gasteiger partial charge on any atom is -0.383 e. The number of hydrogen-bond donors (Lipinski definition) is 1. The van der Waals surface area contributed by atoms with Crippen molar-refractivity contribution < 1.29 is 4.74 Å². The number of nitrogens with one attached hydrogen (secondary N) is 1. The van der Waals surface area contributed by atoms with E-state index < -0.39 is 0 Å². The highest BCUT2D eigenvalue weighted by atomic mass is 35.5. The number of hydrogen-bond acceptors (Lipinski definition) is 4. The smallest absolute Gasteiger partial charge is 0.130 e. The first-order chi connectivity index (χ1) is 7.65. The zero-order valence-electron chi connectivity index (χ0n) is 9.96. The Kier molecular flexibility index (Phi) is 5.49. The molecule has 1 rings (SSSR count). The van der Waals surface area contributed by atoms with Crippen molar-refractivity contribution in [1.29, 1.82) is 0 Å². The van der Waals surface area contributed by atoms with Gasteiger partial charge in [-0.2, -0.15) is 0 Å². The summed E-state index contributed by atoms with van der Waals surface area (Å²) in [5.74, 6) is 2.20. The average molecular weight is 244 g/mol. The van der Waals surface area contributed by atoms with E-state index >= 15 is 0 Å². The van der Waals surface area contributed by atoms with Crippen molar-refractivity contribution in [1.82, 2.24) is 9.97 Å². The molecule has 1 atom stereocenters. The van der Waals surface area contributed by atoms with E-state index in [0.29, 0.717) is 12.5 Å². The Morgan fingerprint density at radius 2 is 2.19 bits per heavy atom. The molecule has 1 unspecified atom stereocenters. The van der Waals surface area contributed by atoms with Gasteiger partial charge in [0.25, 0.3) is 0 Å². The van der Waals surface area contributed by atoms with Crippen molar-refractivity contribution in [3.05, 3.63) is 17.6 Å². The lowest BCUT2D eigenvalue weighted by molar-refractivity contribution is 0.184. The number of aromatic nitrogens is 2. The predicted molar refractivity (Wildman–Crippen MR) is 66.1 cm³/mol. The van der Waals surface area contributed by atoms with Crippen LogP contribution >= 0.6 is 11.6 Å². The molecule has 0 aromatic carbocycles. The van der Waals surface area contributed by atoms with Crippen molar-refractivity contribution in [2.45, 2.75) is 26.3 Å². The Hall–Kier alpha value is -0.870. The zero-order valence-corrected chi connectivity index (χ0v) is 10.7. The molecule has 1 aromatic rings. The van der Waals surface area contributed by atoms with Gasteiger partial charge in [0.15, 0.2) is 0 Å². The zero-order chi connectivity index (χ0) is 12.0. The topological polar surface area (TPSA) is 47.0 Å². The third-order valence-corrected chi connectivity index (χ3v) is 2.36. The molecular formula is C11H18ClN3O. The Labute approximate surface area is 101 Å². The fraction of sp³-hybridized carbons (Fsp3) is 0.636. The molecule has 1 aromatic heterocycles. The molecular weight excluding hydrogens is 226 g/mol. The number of nitrogens with zero attached hydrogens (tertiary/aromatic N) is 2. The van der Waals surface area contributed by atoms with Gasteiger partial charge in [0.2, 0.25) is 0 Å². The van der Waals surface area contributed by atoms with E-state index in [1.54, 1.807) is 7.11 Å². The van der Waals surface area contributed by atoms with Crippen LogP contribution in [0, 0.1) is 13.8 Å². The summed E-state index contributed by atoms with van der Waals surface area (Å²) < 4.78 is 5.12. The lowest BCUT2D eigenvalue weighted by Crippen LogP contribution is -2.26. The van der Waals surface area contributed by atoms with Crippen molar-refractivity contribution in [3.63, 3.8) is 0 Å². The number of ether oxygens (including phenoxy) is 1. The molecule has 16 heavy (non-hydrogen) atoms. The average Bonchev–Trinajstić information content (AvgIpc) is 2.16. The van der Waals surface area contributed by atoms with Gasteiger partial charge in [-0.1, -0.05) is 0 Å². The second kappa shape index (κ2) is 6.66. The molecule has 0 saturated heterocycles. The molecule has 0 aliphatic heterocycles. The fourth-order valence-corrected chi connectivity index (χ4v) is 1.79. The Bertz CT molecular complexity index is 307. The van der Waals surface area contributed by atoms with Crippen molar-refractivity contribution in [3.8, 4) is 0 Å². The van der Waals surface area contributed by atoms with E-state index in [0.717, 1.165) is 23.8 Å². The third kappa shape index (κ3) is 4.33. The predicted octanol–water partition coefficient (Wildman–Crippen LogP) is 2.15. The maximum absolute atomic E-state index is 5.73. The fourth-order valence-electron chi connectivity index (χ4n) is 1.53. The highest BCUT2D eigenvalue weighted by molar-refractivity contribution is 6.17. The highest BCUT2D eigenvalue weighted by Gasteiger charge is 2.09. The molecule has 1 heterocycles. The molecule has 0 bridgehead atoms. The summed E-state index contributed by atoms with van der Waals surface area (Å²) in [6, 6.07) is 2.11. The monoisotopic (exact) mass is 243 g/mol. The third-order valence-electron chi connectivity index (χ3n) is 2.14. The van der Waals surface area contributed by atoms with Crippen LogP contribution in [0.2, 0.25) is 0 Å². The van der Waals surface area contributed by atoms with Crippen LogP contribution in [0.1, 0.15) is 17.9 Å². The van der Waals surface area contributed by atoms with Crippen molar-refractivity contribution >= 4 is 17.4 Å². The van der Waals surface area contributed by atoms with Crippen molar-refractivity contribution in [2.24, 2.45) is 0 Å². The Morgan fingerprint density at radius 1 is 1.44 bits per heavy atom. The number of methoxy groups -OCH3 is 1. The quantitative estimate of drug-likeness (QED) is 0.778. The van der Waals surface area contributed by atoms with Gasteiger partial charge >= 0.3 is 0 Å².